The number of aromatic nitrogens is 1. The number of nitrogens with two attached hydrogens (primary N) is 1. The summed E-state index contributed by atoms with van der Waals surface area (Å²) in [4.78, 5) is 38.8. The number of para-hydroxylation sites is 1. The summed E-state index contributed by atoms with van der Waals surface area (Å²) in [5.74, 6) is -2.15. The van der Waals surface area contributed by atoms with Crippen LogP contribution in [-0.4, -0.2) is 45.9 Å². The van der Waals surface area contributed by atoms with Crippen LogP contribution in [0.2, 0.25) is 0 Å². The summed E-state index contributed by atoms with van der Waals surface area (Å²) >= 11 is 3.09. The van der Waals surface area contributed by atoms with E-state index >= 15 is 0 Å². The number of amides is 3. The van der Waals surface area contributed by atoms with Crippen LogP contribution in [0.1, 0.15) is 22.3 Å². The molecule has 2 aromatic carbocycles. The minimum Gasteiger partial charge on any atom is -0.366 e. The van der Waals surface area contributed by atoms with Crippen molar-refractivity contribution in [1.82, 2.24) is 14.8 Å². The van der Waals surface area contributed by atoms with Crippen LogP contribution in [0.5, 0.6) is 0 Å². The first-order chi connectivity index (χ1) is 15.8. The molecule has 33 heavy (non-hydrogen) atoms. The van der Waals surface area contributed by atoms with E-state index in [0.29, 0.717) is 10.9 Å². The average molecular weight is 519 g/mol. The van der Waals surface area contributed by atoms with Crippen LogP contribution >= 0.6 is 15.9 Å². The molecule has 0 bridgehead atoms. The molecule has 2 atom stereocenters. The number of nitrogens with one attached hydrogen (secondary N) is 1. The Morgan fingerprint density at radius 2 is 1.91 bits per heavy atom. The van der Waals surface area contributed by atoms with Crippen molar-refractivity contribution in [3.63, 3.8) is 0 Å². The van der Waals surface area contributed by atoms with Gasteiger partial charge in [-0.2, -0.15) is 0 Å². The van der Waals surface area contributed by atoms with E-state index in [1.54, 1.807) is 41.0 Å². The topological polar surface area (TPSA) is 97.4 Å². The van der Waals surface area contributed by atoms with Crippen molar-refractivity contribution in [3.05, 3.63) is 70.1 Å². The van der Waals surface area contributed by atoms with Crippen molar-refractivity contribution in [2.24, 2.45) is 5.73 Å². The van der Waals surface area contributed by atoms with E-state index in [4.69, 9.17) is 5.73 Å². The monoisotopic (exact) mass is 518 g/mol. The van der Waals surface area contributed by atoms with Gasteiger partial charge in [-0.05, 0) is 28.1 Å². The zero-order valence-corrected chi connectivity index (χ0v) is 19.0. The Kier molecular flexibility index (Phi) is 6.46. The minimum atomic E-state index is -1.35. The highest BCUT2D eigenvalue weighted by atomic mass is 79.9. The molecule has 0 saturated carbocycles. The van der Waals surface area contributed by atoms with Gasteiger partial charge in [0.15, 0.2) is 0 Å². The number of hydrogen-bond donors (Lipinski definition) is 2. The van der Waals surface area contributed by atoms with Gasteiger partial charge in [0.2, 0.25) is 11.8 Å². The Morgan fingerprint density at radius 1 is 1.15 bits per heavy atom. The lowest BCUT2D eigenvalue weighted by Crippen LogP contribution is -2.46. The molecule has 1 fully saturated rings. The van der Waals surface area contributed by atoms with Gasteiger partial charge < -0.3 is 20.5 Å². The van der Waals surface area contributed by atoms with Crippen LogP contribution in [0.4, 0.5) is 8.78 Å². The highest BCUT2D eigenvalue weighted by Crippen LogP contribution is 2.25. The molecular weight excluding hydrogens is 498 g/mol. The molecule has 4 rings (SSSR count). The molecule has 10 heteroatoms. The molecule has 1 aromatic heterocycles. The van der Waals surface area contributed by atoms with E-state index in [0.717, 1.165) is 0 Å². The third-order valence-electron chi connectivity index (χ3n) is 5.72. The third-order valence-corrected chi connectivity index (χ3v) is 6.33. The van der Waals surface area contributed by atoms with E-state index in [1.807, 2.05) is 0 Å². The largest absolute Gasteiger partial charge is 0.366 e. The van der Waals surface area contributed by atoms with E-state index < -0.39 is 35.8 Å². The lowest BCUT2D eigenvalue weighted by Gasteiger charge is -2.24. The second-order valence-corrected chi connectivity index (χ2v) is 8.73. The molecule has 3 aromatic rings. The fourth-order valence-corrected chi connectivity index (χ4v) is 4.51. The number of fused-ring (bicyclic) bond motifs is 1. The number of carbonyl (C=O) groups excluding carboxylic acids is 3. The van der Waals surface area contributed by atoms with Gasteiger partial charge in [0, 0.05) is 35.6 Å². The molecule has 1 saturated heterocycles. The lowest BCUT2D eigenvalue weighted by atomic mass is 10.1. The van der Waals surface area contributed by atoms with E-state index in [2.05, 4.69) is 21.2 Å². The number of benzene rings is 2. The first-order valence-corrected chi connectivity index (χ1v) is 11.1. The molecular formula is C23H21BrF2N4O3. The minimum absolute atomic E-state index is 0.0935. The van der Waals surface area contributed by atoms with Gasteiger partial charge >= 0.3 is 0 Å². The summed E-state index contributed by atoms with van der Waals surface area (Å²) in [6.45, 7) is -0.502. The molecule has 1 aliphatic rings. The summed E-state index contributed by atoms with van der Waals surface area (Å²) in [5, 5.41) is 3.20. The number of primary amides is 1. The fraction of sp³-hybridized carbons (Fsp3) is 0.261. The molecule has 1 aliphatic heterocycles. The van der Waals surface area contributed by atoms with Crippen molar-refractivity contribution in [1.29, 1.82) is 0 Å². The van der Waals surface area contributed by atoms with Crippen LogP contribution in [0.15, 0.2) is 53.1 Å². The smallest absolute Gasteiger partial charge is 0.250 e. The molecule has 3 amide bonds. The normalized spacial score (nSPS) is 18.0. The second kappa shape index (κ2) is 9.30. The highest BCUT2D eigenvalue weighted by Gasteiger charge is 2.39. The van der Waals surface area contributed by atoms with Gasteiger partial charge in [0.1, 0.15) is 24.6 Å². The molecule has 0 radical (unpaired) electrons. The highest BCUT2D eigenvalue weighted by molar-refractivity contribution is 9.10. The maximum absolute atomic E-state index is 14.2. The number of alkyl halides is 1. The van der Waals surface area contributed by atoms with E-state index in [1.165, 1.54) is 17.2 Å². The standard InChI is InChI=1S/C23H21BrF2N4O3/c24-17-6-3-4-13(21(17)26)9-28-23(33)19-8-14(25)10-30(19)20(31)12-29-11-16(22(27)32)15-5-1-2-7-18(15)29/h1-7,11,14,19H,8-10,12H2,(H2,27,32)(H,28,33)/t14-,19+/m1/s1. The van der Waals surface area contributed by atoms with Gasteiger partial charge in [0.05, 0.1) is 16.6 Å². The Labute approximate surface area is 196 Å². The van der Waals surface area contributed by atoms with Gasteiger partial charge in [-0.3, -0.25) is 14.4 Å². The Morgan fingerprint density at radius 3 is 2.67 bits per heavy atom. The third kappa shape index (κ3) is 4.61. The van der Waals surface area contributed by atoms with Crippen molar-refractivity contribution in [2.75, 3.05) is 6.54 Å². The van der Waals surface area contributed by atoms with Crippen molar-refractivity contribution < 1.29 is 23.2 Å². The summed E-state index contributed by atoms with van der Waals surface area (Å²) in [5.41, 5.74) is 6.61. The predicted octanol–water partition coefficient (Wildman–Crippen LogP) is 2.90. The van der Waals surface area contributed by atoms with Crippen molar-refractivity contribution in [2.45, 2.75) is 31.7 Å². The lowest BCUT2D eigenvalue weighted by molar-refractivity contribution is -0.139. The summed E-state index contributed by atoms with van der Waals surface area (Å²) in [6, 6.07) is 10.7. The molecule has 0 unspecified atom stereocenters. The van der Waals surface area contributed by atoms with Crippen LogP contribution < -0.4 is 11.1 Å². The van der Waals surface area contributed by atoms with Crippen LogP contribution in [0.3, 0.4) is 0 Å². The van der Waals surface area contributed by atoms with Gasteiger partial charge in [-0.25, -0.2) is 8.78 Å². The predicted molar refractivity (Wildman–Crippen MR) is 121 cm³/mol. The molecule has 3 N–H and O–H groups in total. The number of hydrogen-bond acceptors (Lipinski definition) is 3. The molecule has 0 spiro atoms. The summed E-state index contributed by atoms with van der Waals surface area (Å²) < 4.78 is 30.2. The van der Waals surface area contributed by atoms with Gasteiger partial charge in [-0.1, -0.05) is 30.3 Å². The SMILES string of the molecule is NC(=O)c1cn(CC(=O)N2C[C@H](F)C[C@H]2C(=O)NCc2cccc(Br)c2F)c2ccccc12. The average Bonchev–Trinajstić information content (AvgIpc) is 3.36. The molecule has 7 nitrogen and oxygen atoms in total. The summed E-state index contributed by atoms with van der Waals surface area (Å²) in [7, 11) is 0. The Bertz CT molecular complexity index is 1250. The van der Waals surface area contributed by atoms with Crippen LogP contribution in [-0.2, 0) is 22.7 Å². The maximum atomic E-state index is 14.2. The van der Waals surface area contributed by atoms with E-state index in [-0.39, 0.29) is 41.7 Å². The Hall–Kier alpha value is -3.27. The first-order valence-electron chi connectivity index (χ1n) is 10.3. The molecule has 172 valence electrons. The van der Waals surface area contributed by atoms with Crippen molar-refractivity contribution in [3.8, 4) is 0 Å². The number of rotatable bonds is 6. The zero-order chi connectivity index (χ0) is 23.7. The van der Waals surface area contributed by atoms with E-state index in [9.17, 15) is 23.2 Å². The number of nitrogens with zero attached hydrogens (tertiary/aromatic N) is 2. The second-order valence-electron chi connectivity index (χ2n) is 7.88. The first kappa shape index (κ1) is 22.9. The van der Waals surface area contributed by atoms with Crippen LogP contribution in [0.25, 0.3) is 10.9 Å². The van der Waals surface area contributed by atoms with Crippen molar-refractivity contribution >= 4 is 44.6 Å². The quantitative estimate of drug-likeness (QED) is 0.524. The number of halogens is 3. The summed E-state index contributed by atoms with van der Waals surface area (Å²) in [6.07, 6.45) is -0.00818. The molecule has 0 aliphatic carbocycles. The number of carbonyl (C=O) groups is 3. The zero-order valence-electron chi connectivity index (χ0n) is 17.4. The molecule has 2 heterocycles. The maximum Gasteiger partial charge on any atom is 0.250 e. The fourth-order valence-electron chi connectivity index (χ4n) is 4.10. The number of likely N-dealkylation sites (tertiary alicyclic amines) is 1. The van der Waals surface area contributed by atoms with Gasteiger partial charge in [0.25, 0.3) is 5.91 Å². The van der Waals surface area contributed by atoms with Crippen LogP contribution in [0, 0.1) is 5.82 Å². The Balaban J connectivity index is 1.50. The van der Waals surface area contributed by atoms with Gasteiger partial charge in [-0.15, -0.1) is 0 Å².